The number of nitrogens with zero attached hydrogens (tertiary/aromatic N) is 1. The molecule has 2 amide bonds. The average molecular weight is 396 g/mol. The number of anilines is 1. The van der Waals surface area contributed by atoms with Gasteiger partial charge in [0.25, 0.3) is 0 Å². The van der Waals surface area contributed by atoms with Crippen LogP contribution in [0.15, 0.2) is 28.7 Å². The van der Waals surface area contributed by atoms with Gasteiger partial charge in [-0.3, -0.25) is 9.59 Å². The summed E-state index contributed by atoms with van der Waals surface area (Å²) in [6.07, 6.45) is 1.30. The van der Waals surface area contributed by atoms with Crippen molar-refractivity contribution in [3.8, 4) is 0 Å². The number of para-hydroxylation sites is 1. The van der Waals surface area contributed by atoms with Crippen LogP contribution in [0.2, 0.25) is 0 Å². The van der Waals surface area contributed by atoms with Gasteiger partial charge >= 0.3 is 0 Å². The molecular weight excluding hydrogens is 370 g/mol. The van der Waals surface area contributed by atoms with E-state index < -0.39 is 11.5 Å². The Kier molecular flexibility index (Phi) is 6.04. The van der Waals surface area contributed by atoms with Crippen molar-refractivity contribution in [2.75, 3.05) is 18.0 Å². The summed E-state index contributed by atoms with van der Waals surface area (Å²) in [5.41, 5.74) is 6.19. The monoisotopic (exact) mass is 395 g/mol. The minimum absolute atomic E-state index is 0.150. The van der Waals surface area contributed by atoms with Crippen LogP contribution in [0.3, 0.4) is 0 Å². The lowest BCUT2D eigenvalue weighted by Gasteiger charge is -2.32. The summed E-state index contributed by atoms with van der Waals surface area (Å²) in [5, 5.41) is 3.01. The van der Waals surface area contributed by atoms with Crippen LogP contribution in [0.25, 0.3) is 0 Å². The fraction of sp³-hybridized carbons (Fsp3) is 0.556. The van der Waals surface area contributed by atoms with Crippen molar-refractivity contribution < 1.29 is 9.59 Å². The summed E-state index contributed by atoms with van der Waals surface area (Å²) >= 11 is 3.47. The Morgan fingerprint density at radius 1 is 1.46 bits per heavy atom. The topological polar surface area (TPSA) is 75.4 Å². The van der Waals surface area contributed by atoms with Crippen molar-refractivity contribution in [3.05, 3.63) is 28.7 Å². The Morgan fingerprint density at radius 2 is 2.12 bits per heavy atom. The highest BCUT2D eigenvalue weighted by Crippen LogP contribution is 2.31. The van der Waals surface area contributed by atoms with Gasteiger partial charge < -0.3 is 16.0 Å². The van der Waals surface area contributed by atoms with E-state index in [0.29, 0.717) is 25.4 Å². The number of rotatable bonds is 6. The molecule has 5 nitrogen and oxygen atoms in total. The second-order valence-corrected chi connectivity index (χ2v) is 7.99. The van der Waals surface area contributed by atoms with Gasteiger partial charge in [0.1, 0.15) is 5.92 Å². The van der Waals surface area contributed by atoms with Crippen LogP contribution in [0.1, 0.15) is 33.6 Å². The van der Waals surface area contributed by atoms with Gasteiger partial charge in [0.15, 0.2) is 0 Å². The van der Waals surface area contributed by atoms with E-state index in [4.69, 9.17) is 5.73 Å². The first kappa shape index (κ1) is 18.9. The first-order valence-electron chi connectivity index (χ1n) is 8.35. The van der Waals surface area contributed by atoms with Gasteiger partial charge in [-0.25, -0.2) is 0 Å². The fourth-order valence-electron chi connectivity index (χ4n) is 3.30. The number of benzene rings is 1. The molecule has 0 saturated carbocycles. The zero-order valence-corrected chi connectivity index (χ0v) is 16.1. The van der Waals surface area contributed by atoms with Gasteiger partial charge in [-0.2, -0.15) is 0 Å². The molecule has 2 unspecified atom stereocenters. The molecule has 1 fully saturated rings. The van der Waals surface area contributed by atoms with Crippen LogP contribution >= 0.6 is 15.9 Å². The molecule has 1 aromatic carbocycles. The predicted molar refractivity (Wildman–Crippen MR) is 99.7 cm³/mol. The third-order valence-corrected chi connectivity index (χ3v) is 5.07. The lowest BCUT2D eigenvalue weighted by atomic mass is 9.90. The third kappa shape index (κ3) is 4.16. The van der Waals surface area contributed by atoms with Gasteiger partial charge in [0, 0.05) is 23.1 Å². The summed E-state index contributed by atoms with van der Waals surface area (Å²) in [4.78, 5) is 27.0. The van der Waals surface area contributed by atoms with E-state index >= 15 is 0 Å². The average Bonchev–Trinajstić information content (AvgIpc) is 2.88. The van der Waals surface area contributed by atoms with Crippen LogP contribution in [0.4, 0.5) is 5.69 Å². The predicted octanol–water partition coefficient (Wildman–Crippen LogP) is 2.68. The normalized spacial score (nSPS) is 20.3. The summed E-state index contributed by atoms with van der Waals surface area (Å²) < 4.78 is 0.853. The number of halogens is 1. The Hall–Kier alpha value is -1.40. The molecule has 0 radical (unpaired) electrons. The standard InChI is InChI=1S/C18H26BrN3O2/c1-12(2)10-18(3,11-20)21-16(23)13-8-9-22(17(13)24)15-7-5-4-6-14(15)19/h4-7,12-13H,8-11,20H2,1-3H3,(H,21,23). The summed E-state index contributed by atoms with van der Waals surface area (Å²) in [6, 6.07) is 7.56. The Balaban J connectivity index is 2.09. The number of amides is 2. The van der Waals surface area contributed by atoms with Gasteiger partial charge in [0.05, 0.1) is 5.69 Å². The number of carbonyl (C=O) groups excluding carboxylic acids is 2. The molecule has 0 bridgehead atoms. The van der Waals surface area contributed by atoms with Crippen LogP contribution in [0.5, 0.6) is 0 Å². The minimum atomic E-state index is -0.643. The Labute approximate surface area is 152 Å². The van der Waals surface area contributed by atoms with Crippen LogP contribution in [-0.2, 0) is 9.59 Å². The summed E-state index contributed by atoms with van der Waals surface area (Å²) in [6.45, 7) is 7.02. The lowest BCUT2D eigenvalue weighted by Crippen LogP contribution is -2.54. The Bertz CT molecular complexity index is 620. The number of hydrogen-bond donors (Lipinski definition) is 2. The lowest BCUT2D eigenvalue weighted by molar-refractivity contribution is -0.133. The molecule has 0 aliphatic carbocycles. The molecule has 1 aromatic rings. The molecule has 2 atom stereocenters. The maximum Gasteiger partial charge on any atom is 0.239 e. The second kappa shape index (κ2) is 7.66. The third-order valence-electron chi connectivity index (χ3n) is 4.40. The number of nitrogens with two attached hydrogens (primary N) is 1. The molecule has 0 aromatic heterocycles. The molecule has 1 aliphatic rings. The molecule has 0 spiro atoms. The highest BCUT2D eigenvalue weighted by atomic mass is 79.9. The van der Waals surface area contributed by atoms with Crippen LogP contribution in [0, 0.1) is 11.8 Å². The van der Waals surface area contributed by atoms with Gasteiger partial charge in [-0.15, -0.1) is 0 Å². The zero-order valence-electron chi connectivity index (χ0n) is 14.5. The van der Waals surface area contributed by atoms with E-state index in [-0.39, 0.29) is 11.8 Å². The first-order valence-corrected chi connectivity index (χ1v) is 9.14. The van der Waals surface area contributed by atoms with Crippen molar-refractivity contribution in [1.82, 2.24) is 5.32 Å². The smallest absolute Gasteiger partial charge is 0.239 e. The van der Waals surface area contributed by atoms with E-state index in [1.54, 1.807) is 4.90 Å². The van der Waals surface area contributed by atoms with Crippen molar-refractivity contribution in [2.45, 2.75) is 39.2 Å². The molecular formula is C18H26BrN3O2. The molecule has 3 N–H and O–H groups in total. The number of nitrogens with one attached hydrogen (secondary N) is 1. The van der Waals surface area contributed by atoms with E-state index in [0.717, 1.165) is 16.6 Å². The van der Waals surface area contributed by atoms with Crippen molar-refractivity contribution >= 4 is 33.4 Å². The molecule has 1 aliphatic heterocycles. The molecule has 1 saturated heterocycles. The first-order chi connectivity index (χ1) is 11.3. The summed E-state index contributed by atoms with van der Waals surface area (Å²) in [7, 11) is 0. The van der Waals surface area contributed by atoms with Gasteiger partial charge in [0.2, 0.25) is 11.8 Å². The number of carbonyl (C=O) groups is 2. The maximum atomic E-state index is 12.7. The van der Waals surface area contributed by atoms with Crippen molar-refractivity contribution in [2.24, 2.45) is 17.6 Å². The number of hydrogen-bond acceptors (Lipinski definition) is 3. The van der Waals surface area contributed by atoms with Crippen molar-refractivity contribution in [1.29, 1.82) is 0 Å². The summed E-state index contributed by atoms with van der Waals surface area (Å²) in [5.74, 6) is -0.600. The van der Waals surface area contributed by atoms with Crippen LogP contribution in [-0.4, -0.2) is 30.4 Å². The second-order valence-electron chi connectivity index (χ2n) is 7.13. The molecule has 24 heavy (non-hydrogen) atoms. The van der Waals surface area contributed by atoms with E-state index in [2.05, 4.69) is 35.1 Å². The van der Waals surface area contributed by atoms with E-state index in [1.165, 1.54) is 0 Å². The van der Waals surface area contributed by atoms with Gasteiger partial charge in [-0.1, -0.05) is 26.0 Å². The highest BCUT2D eigenvalue weighted by molar-refractivity contribution is 9.10. The largest absolute Gasteiger partial charge is 0.349 e. The van der Waals surface area contributed by atoms with Crippen molar-refractivity contribution in [3.63, 3.8) is 0 Å². The van der Waals surface area contributed by atoms with E-state index in [9.17, 15) is 9.59 Å². The Morgan fingerprint density at radius 3 is 2.71 bits per heavy atom. The minimum Gasteiger partial charge on any atom is -0.349 e. The van der Waals surface area contributed by atoms with Gasteiger partial charge in [-0.05, 0) is 53.7 Å². The SMILES string of the molecule is CC(C)CC(C)(CN)NC(=O)C1CCN(c2ccccc2Br)C1=O. The zero-order chi connectivity index (χ0) is 17.9. The van der Waals surface area contributed by atoms with E-state index in [1.807, 2.05) is 31.2 Å². The maximum absolute atomic E-state index is 12.7. The molecule has 1 heterocycles. The molecule has 2 rings (SSSR count). The molecule has 132 valence electrons. The quantitative estimate of drug-likeness (QED) is 0.726. The fourth-order valence-corrected chi connectivity index (χ4v) is 3.80. The van der Waals surface area contributed by atoms with Crippen LogP contribution < -0.4 is 16.0 Å². The molecule has 6 heteroatoms. The highest BCUT2D eigenvalue weighted by Gasteiger charge is 2.40.